The molecule has 27 heavy (non-hydrogen) atoms. The van der Waals surface area contributed by atoms with Gasteiger partial charge in [0.05, 0.1) is 18.2 Å². The van der Waals surface area contributed by atoms with E-state index in [1.54, 1.807) is 22.2 Å². The molecule has 0 bridgehead atoms. The van der Waals surface area contributed by atoms with Gasteiger partial charge in [-0.25, -0.2) is 0 Å². The summed E-state index contributed by atoms with van der Waals surface area (Å²) in [5.41, 5.74) is 2.95. The van der Waals surface area contributed by atoms with Crippen LogP contribution in [0.4, 0.5) is 0 Å². The minimum atomic E-state index is -0.152. The fourth-order valence-corrected chi connectivity index (χ4v) is 3.43. The molecule has 6 nitrogen and oxygen atoms in total. The number of nitrogens with zero attached hydrogens (tertiary/aromatic N) is 4. The van der Waals surface area contributed by atoms with E-state index in [0.29, 0.717) is 38.9 Å². The zero-order chi connectivity index (χ0) is 19.2. The van der Waals surface area contributed by atoms with E-state index in [4.69, 9.17) is 0 Å². The first kappa shape index (κ1) is 19.0. The van der Waals surface area contributed by atoms with Gasteiger partial charge in [-0.1, -0.05) is 12.1 Å². The van der Waals surface area contributed by atoms with Gasteiger partial charge < -0.3 is 9.80 Å². The van der Waals surface area contributed by atoms with Gasteiger partial charge in [-0.15, -0.1) is 0 Å². The number of piperidine rings is 1. The van der Waals surface area contributed by atoms with Crippen LogP contribution >= 0.6 is 0 Å². The van der Waals surface area contributed by atoms with Crippen LogP contribution in [0, 0.1) is 12.8 Å². The van der Waals surface area contributed by atoms with E-state index >= 15 is 0 Å². The third-order valence-corrected chi connectivity index (χ3v) is 5.09. The first-order chi connectivity index (χ1) is 13.0. The highest BCUT2D eigenvalue weighted by Gasteiger charge is 2.31. The first-order valence-electron chi connectivity index (χ1n) is 9.37. The smallest absolute Gasteiger partial charge is 0.227 e. The SMILES string of the molecule is Cc1cccnc1CN(C)C(=O)C1CCC(=O)N(CCc2ccccn2)C1. The third kappa shape index (κ3) is 4.90. The molecule has 0 spiro atoms. The van der Waals surface area contributed by atoms with E-state index in [9.17, 15) is 9.59 Å². The third-order valence-electron chi connectivity index (χ3n) is 5.09. The molecule has 1 unspecified atom stereocenters. The summed E-state index contributed by atoms with van der Waals surface area (Å²) in [6.07, 6.45) is 5.25. The van der Waals surface area contributed by atoms with Gasteiger partial charge in [0.1, 0.15) is 0 Å². The van der Waals surface area contributed by atoms with Gasteiger partial charge in [0, 0.05) is 51.1 Å². The Balaban J connectivity index is 1.58. The highest BCUT2D eigenvalue weighted by molar-refractivity contribution is 5.83. The predicted octanol–water partition coefficient (Wildman–Crippen LogP) is 2.22. The Kier molecular flexibility index (Phi) is 6.16. The lowest BCUT2D eigenvalue weighted by Gasteiger charge is -2.34. The molecule has 1 saturated heterocycles. The second-order valence-electron chi connectivity index (χ2n) is 7.11. The monoisotopic (exact) mass is 366 g/mol. The molecule has 0 aromatic carbocycles. The van der Waals surface area contributed by atoms with Gasteiger partial charge in [0.25, 0.3) is 0 Å². The summed E-state index contributed by atoms with van der Waals surface area (Å²) >= 11 is 0. The fraction of sp³-hybridized carbons (Fsp3) is 0.429. The van der Waals surface area contributed by atoms with E-state index in [-0.39, 0.29) is 17.7 Å². The van der Waals surface area contributed by atoms with Crippen molar-refractivity contribution in [3.63, 3.8) is 0 Å². The van der Waals surface area contributed by atoms with E-state index < -0.39 is 0 Å². The zero-order valence-electron chi connectivity index (χ0n) is 16.0. The quantitative estimate of drug-likeness (QED) is 0.786. The summed E-state index contributed by atoms with van der Waals surface area (Å²) in [5.74, 6) is 0.0500. The maximum Gasteiger partial charge on any atom is 0.227 e. The molecule has 2 aromatic rings. The minimum absolute atomic E-state index is 0.0791. The van der Waals surface area contributed by atoms with Crippen LogP contribution in [-0.2, 0) is 22.6 Å². The van der Waals surface area contributed by atoms with E-state index in [1.165, 1.54) is 0 Å². The zero-order valence-corrected chi connectivity index (χ0v) is 16.0. The van der Waals surface area contributed by atoms with Crippen LogP contribution in [0.5, 0.6) is 0 Å². The molecule has 1 aliphatic rings. The molecule has 0 N–H and O–H groups in total. The maximum atomic E-state index is 12.9. The van der Waals surface area contributed by atoms with Crippen LogP contribution in [0.3, 0.4) is 0 Å². The summed E-state index contributed by atoms with van der Waals surface area (Å²) in [6.45, 7) is 3.57. The van der Waals surface area contributed by atoms with Crippen LogP contribution in [-0.4, -0.2) is 51.7 Å². The summed E-state index contributed by atoms with van der Waals surface area (Å²) in [6, 6.07) is 9.68. The molecule has 1 aliphatic heterocycles. The highest BCUT2D eigenvalue weighted by Crippen LogP contribution is 2.21. The van der Waals surface area contributed by atoms with Crippen LogP contribution in [0.15, 0.2) is 42.7 Å². The lowest BCUT2D eigenvalue weighted by atomic mass is 9.95. The summed E-state index contributed by atoms with van der Waals surface area (Å²) in [7, 11) is 1.81. The molecule has 3 heterocycles. The van der Waals surface area contributed by atoms with Gasteiger partial charge in [-0.3, -0.25) is 19.6 Å². The van der Waals surface area contributed by atoms with Gasteiger partial charge in [0.15, 0.2) is 0 Å². The summed E-state index contributed by atoms with van der Waals surface area (Å²) in [5, 5.41) is 0. The number of aryl methyl sites for hydroxylation is 1. The molecule has 142 valence electrons. The standard InChI is InChI=1S/C21H26N4O2/c1-16-6-5-12-23-19(16)15-24(2)21(27)17-8-9-20(26)25(14-17)13-10-18-7-3-4-11-22-18/h3-7,11-12,17H,8-10,13-15H2,1-2H3. The Hall–Kier alpha value is -2.76. The van der Waals surface area contributed by atoms with E-state index in [2.05, 4.69) is 9.97 Å². The molecule has 0 saturated carbocycles. The number of pyridine rings is 2. The van der Waals surface area contributed by atoms with E-state index in [0.717, 1.165) is 17.0 Å². The first-order valence-corrected chi connectivity index (χ1v) is 9.37. The summed E-state index contributed by atoms with van der Waals surface area (Å²) < 4.78 is 0. The molecule has 6 heteroatoms. The van der Waals surface area contributed by atoms with Gasteiger partial charge in [-0.2, -0.15) is 0 Å². The normalized spacial score (nSPS) is 17.0. The molecule has 3 rings (SSSR count). The van der Waals surface area contributed by atoms with Crippen molar-refractivity contribution in [1.29, 1.82) is 0 Å². The van der Waals surface area contributed by atoms with Crippen molar-refractivity contribution in [1.82, 2.24) is 19.8 Å². The lowest BCUT2D eigenvalue weighted by molar-refractivity contribution is -0.142. The number of carbonyl (C=O) groups is 2. The molecule has 0 aliphatic carbocycles. The van der Waals surface area contributed by atoms with Gasteiger partial charge in [-0.05, 0) is 37.1 Å². The van der Waals surface area contributed by atoms with Crippen molar-refractivity contribution in [2.45, 2.75) is 32.7 Å². The van der Waals surface area contributed by atoms with Crippen molar-refractivity contribution < 1.29 is 9.59 Å². The second-order valence-corrected chi connectivity index (χ2v) is 7.11. The van der Waals surface area contributed by atoms with Crippen molar-refractivity contribution in [3.8, 4) is 0 Å². The number of hydrogen-bond acceptors (Lipinski definition) is 4. The minimum Gasteiger partial charge on any atom is -0.342 e. The van der Waals surface area contributed by atoms with Crippen molar-refractivity contribution in [2.24, 2.45) is 5.92 Å². The number of amides is 2. The Morgan fingerprint density at radius 3 is 2.78 bits per heavy atom. The highest BCUT2D eigenvalue weighted by atomic mass is 16.2. The van der Waals surface area contributed by atoms with E-state index in [1.807, 2.05) is 44.3 Å². The number of carbonyl (C=O) groups excluding carboxylic acids is 2. The average molecular weight is 366 g/mol. The van der Waals surface area contributed by atoms with Crippen LogP contribution in [0.25, 0.3) is 0 Å². The van der Waals surface area contributed by atoms with Crippen molar-refractivity contribution in [3.05, 3.63) is 59.7 Å². The van der Waals surface area contributed by atoms with Crippen molar-refractivity contribution >= 4 is 11.8 Å². The second kappa shape index (κ2) is 8.75. The number of aromatic nitrogens is 2. The topological polar surface area (TPSA) is 66.4 Å². The van der Waals surface area contributed by atoms with Crippen molar-refractivity contribution in [2.75, 3.05) is 20.1 Å². The fourth-order valence-electron chi connectivity index (χ4n) is 3.43. The average Bonchev–Trinajstić information content (AvgIpc) is 2.69. The predicted molar refractivity (Wildman–Crippen MR) is 103 cm³/mol. The van der Waals surface area contributed by atoms with Gasteiger partial charge >= 0.3 is 0 Å². The number of hydrogen-bond donors (Lipinski definition) is 0. The Morgan fingerprint density at radius 1 is 1.22 bits per heavy atom. The Morgan fingerprint density at radius 2 is 2.04 bits per heavy atom. The lowest BCUT2D eigenvalue weighted by Crippen LogP contribution is -2.46. The Labute approximate surface area is 160 Å². The largest absolute Gasteiger partial charge is 0.342 e. The molecular formula is C21H26N4O2. The molecule has 2 amide bonds. The molecule has 0 radical (unpaired) electrons. The molecule has 1 atom stereocenters. The molecule has 2 aromatic heterocycles. The van der Waals surface area contributed by atoms with Crippen LogP contribution < -0.4 is 0 Å². The Bertz CT molecular complexity index is 794. The van der Waals surface area contributed by atoms with Crippen LogP contribution in [0.1, 0.15) is 29.8 Å². The van der Waals surface area contributed by atoms with Gasteiger partial charge in [0.2, 0.25) is 11.8 Å². The maximum absolute atomic E-state index is 12.9. The number of rotatable bonds is 6. The van der Waals surface area contributed by atoms with Crippen LogP contribution in [0.2, 0.25) is 0 Å². The molecular weight excluding hydrogens is 340 g/mol. The number of likely N-dealkylation sites (tertiary alicyclic amines) is 1. The molecule has 1 fully saturated rings. The summed E-state index contributed by atoms with van der Waals surface area (Å²) in [4.78, 5) is 37.4.